The van der Waals surface area contributed by atoms with Crippen molar-refractivity contribution in [3.63, 3.8) is 0 Å². The van der Waals surface area contributed by atoms with Crippen molar-refractivity contribution < 1.29 is 14.3 Å². The van der Waals surface area contributed by atoms with Gasteiger partial charge in [0.25, 0.3) is 5.91 Å². The van der Waals surface area contributed by atoms with Crippen LogP contribution in [0.5, 0.6) is 11.5 Å². The van der Waals surface area contributed by atoms with Gasteiger partial charge >= 0.3 is 0 Å². The molecule has 5 nitrogen and oxygen atoms in total. The number of primary amides is 1. The number of hydrogen-bond acceptors (Lipinski definition) is 4. The lowest BCUT2D eigenvalue weighted by molar-refractivity contribution is -0.124. The van der Waals surface area contributed by atoms with E-state index in [9.17, 15) is 4.79 Å². The first-order valence-corrected chi connectivity index (χ1v) is 4.92. The molecule has 0 bridgehead atoms. The Morgan fingerprint density at radius 1 is 1.50 bits per heavy atom. The number of methoxy groups -OCH3 is 1. The van der Waals surface area contributed by atoms with E-state index in [1.54, 1.807) is 13.0 Å². The number of rotatable bonds is 5. The summed E-state index contributed by atoms with van der Waals surface area (Å²) in [7, 11) is 1.53. The maximum absolute atomic E-state index is 10.9. The van der Waals surface area contributed by atoms with E-state index in [1.165, 1.54) is 7.11 Å². The van der Waals surface area contributed by atoms with E-state index in [-0.39, 0.29) is 0 Å². The summed E-state index contributed by atoms with van der Waals surface area (Å²) < 4.78 is 10.6. The van der Waals surface area contributed by atoms with E-state index in [0.29, 0.717) is 18.0 Å². The molecule has 4 N–H and O–H groups in total. The van der Waals surface area contributed by atoms with Crippen molar-refractivity contribution in [2.24, 2.45) is 11.5 Å². The second kappa shape index (κ2) is 5.37. The molecule has 0 fully saturated rings. The number of carbonyl (C=O) groups excluding carboxylic acids is 1. The lowest BCUT2D eigenvalue weighted by atomic mass is 10.2. The van der Waals surface area contributed by atoms with Crippen LogP contribution in [0.3, 0.4) is 0 Å². The minimum Gasteiger partial charge on any atom is -0.493 e. The Morgan fingerprint density at radius 2 is 2.19 bits per heavy atom. The molecule has 1 atom stereocenters. The van der Waals surface area contributed by atoms with Gasteiger partial charge in [-0.2, -0.15) is 0 Å². The highest BCUT2D eigenvalue weighted by Crippen LogP contribution is 2.31. The number of nitrogens with two attached hydrogens (primary N) is 2. The normalized spacial score (nSPS) is 11.9. The molecule has 1 unspecified atom stereocenters. The average molecular weight is 224 g/mol. The van der Waals surface area contributed by atoms with Crippen molar-refractivity contribution in [1.82, 2.24) is 0 Å². The SMILES string of the molecule is COc1cccc(CN)c1OC(C)C(N)=O. The first-order valence-electron chi connectivity index (χ1n) is 4.92. The van der Waals surface area contributed by atoms with Crippen molar-refractivity contribution in [1.29, 1.82) is 0 Å². The summed E-state index contributed by atoms with van der Waals surface area (Å²) in [4.78, 5) is 10.9. The highest BCUT2D eigenvalue weighted by molar-refractivity contribution is 5.78. The minimum atomic E-state index is -0.721. The summed E-state index contributed by atoms with van der Waals surface area (Å²) in [5, 5.41) is 0. The predicted molar refractivity (Wildman–Crippen MR) is 60.2 cm³/mol. The van der Waals surface area contributed by atoms with Gasteiger partial charge in [-0.3, -0.25) is 4.79 Å². The van der Waals surface area contributed by atoms with Gasteiger partial charge in [-0.25, -0.2) is 0 Å². The van der Waals surface area contributed by atoms with Crippen LogP contribution in [0, 0.1) is 0 Å². The van der Waals surface area contributed by atoms with Crippen LogP contribution in [-0.2, 0) is 11.3 Å². The molecule has 0 radical (unpaired) electrons. The Balaban J connectivity index is 3.04. The van der Waals surface area contributed by atoms with Gasteiger partial charge in [0.15, 0.2) is 17.6 Å². The molecule has 0 aliphatic rings. The minimum absolute atomic E-state index is 0.304. The van der Waals surface area contributed by atoms with Crippen LogP contribution in [0.2, 0.25) is 0 Å². The molecule has 0 aromatic heterocycles. The van der Waals surface area contributed by atoms with E-state index in [0.717, 1.165) is 5.56 Å². The van der Waals surface area contributed by atoms with E-state index in [2.05, 4.69) is 0 Å². The second-order valence-electron chi connectivity index (χ2n) is 3.32. The maximum Gasteiger partial charge on any atom is 0.258 e. The zero-order valence-electron chi connectivity index (χ0n) is 9.40. The maximum atomic E-state index is 10.9. The molecule has 0 aliphatic heterocycles. The van der Waals surface area contributed by atoms with Gasteiger partial charge in [-0.15, -0.1) is 0 Å². The number of carbonyl (C=O) groups is 1. The van der Waals surface area contributed by atoms with E-state index in [1.807, 2.05) is 12.1 Å². The fourth-order valence-corrected chi connectivity index (χ4v) is 1.25. The number of benzene rings is 1. The summed E-state index contributed by atoms with van der Waals surface area (Å²) >= 11 is 0. The molecule has 0 spiro atoms. The van der Waals surface area contributed by atoms with Gasteiger partial charge in [0, 0.05) is 12.1 Å². The van der Waals surface area contributed by atoms with Gasteiger partial charge in [-0.05, 0) is 13.0 Å². The van der Waals surface area contributed by atoms with E-state index < -0.39 is 12.0 Å². The molecule has 16 heavy (non-hydrogen) atoms. The Kier molecular flexibility index (Phi) is 4.13. The number of para-hydroxylation sites is 1. The lowest BCUT2D eigenvalue weighted by Gasteiger charge is -2.17. The molecular formula is C11H16N2O3. The Hall–Kier alpha value is -1.75. The topological polar surface area (TPSA) is 87.6 Å². The number of amides is 1. The third-order valence-electron chi connectivity index (χ3n) is 2.20. The van der Waals surface area contributed by atoms with Crippen molar-refractivity contribution in [2.45, 2.75) is 19.6 Å². The highest BCUT2D eigenvalue weighted by Gasteiger charge is 2.16. The van der Waals surface area contributed by atoms with Crippen LogP contribution in [0.4, 0.5) is 0 Å². The lowest BCUT2D eigenvalue weighted by Crippen LogP contribution is -2.31. The number of ether oxygens (including phenoxy) is 2. The summed E-state index contributed by atoms with van der Waals surface area (Å²) in [5.41, 5.74) is 11.5. The predicted octanol–water partition coefficient (Wildman–Crippen LogP) is 0.406. The molecular weight excluding hydrogens is 208 g/mol. The Morgan fingerprint density at radius 3 is 2.69 bits per heavy atom. The average Bonchev–Trinajstić information content (AvgIpc) is 2.29. The second-order valence-corrected chi connectivity index (χ2v) is 3.32. The fourth-order valence-electron chi connectivity index (χ4n) is 1.25. The molecule has 0 heterocycles. The standard InChI is InChI=1S/C11H16N2O3/c1-7(11(13)14)16-10-8(6-12)4-3-5-9(10)15-2/h3-5,7H,6,12H2,1-2H3,(H2,13,14). The van der Waals surface area contributed by atoms with Crippen molar-refractivity contribution in [3.8, 4) is 11.5 Å². The van der Waals surface area contributed by atoms with Crippen LogP contribution in [0.1, 0.15) is 12.5 Å². The molecule has 1 amide bonds. The smallest absolute Gasteiger partial charge is 0.258 e. The molecule has 0 saturated heterocycles. The van der Waals surface area contributed by atoms with E-state index >= 15 is 0 Å². The van der Waals surface area contributed by atoms with Gasteiger partial charge < -0.3 is 20.9 Å². The molecule has 0 aliphatic carbocycles. The molecule has 88 valence electrons. The van der Waals surface area contributed by atoms with Crippen LogP contribution >= 0.6 is 0 Å². The monoisotopic (exact) mass is 224 g/mol. The van der Waals surface area contributed by atoms with Crippen LogP contribution in [-0.4, -0.2) is 19.1 Å². The van der Waals surface area contributed by atoms with Gasteiger partial charge in [0.2, 0.25) is 0 Å². The van der Waals surface area contributed by atoms with Gasteiger partial charge in [0.05, 0.1) is 7.11 Å². The quantitative estimate of drug-likeness (QED) is 0.758. The van der Waals surface area contributed by atoms with Crippen LogP contribution in [0.25, 0.3) is 0 Å². The van der Waals surface area contributed by atoms with Crippen LogP contribution < -0.4 is 20.9 Å². The molecule has 1 rings (SSSR count). The highest BCUT2D eigenvalue weighted by atomic mass is 16.5. The third-order valence-corrected chi connectivity index (χ3v) is 2.20. The fraction of sp³-hybridized carbons (Fsp3) is 0.364. The first-order chi connectivity index (χ1) is 7.60. The first kappa shape index (κ1) is 12.3. The molecule has 1 aromatic rings. The van der Waals surface area contributed by atoms with Gasteiger partial charge in [0.1, 0.15) is 0 Å². The number of hydrogen-bond donors (Lipinski definition) is 2. The summed E-state index contributed by atoms with van der Waals surface area (Å²) in [6.45, 7) is 1.88. The molecule has 0 saturated carbocycles. The van der Waals surface area contributed by atoms with Crippen molar-refractivity contribution in [3.05, 3.63) is 23.8 Å². The third kappa shape index (κ3) is 2.64. The zero-order chi connectivity index (χ0) is 12.1. The van der Waals surface area contributed by atoms with Crippen molar-refractivity contribution in [2.75, 3.05) is 7.11 Å². The summed E-state index contributed by atoms with van der Waals surface area (Å²) in [6, 6.07) is 5.36. The van der Waals surface area contributed by atoms with Crippen molar-refractivity contribution >= 4 is 5.91 Å². The van der Waals surface area contributed by atoms with Gasteiger partial charge in [-0.1, -0.05) is 12.1 Å². The molecule has 1 aromatic carbocycles. The Bertz CT molecular complexity index is 357. The van der Waals surface area contributed by atoms with E-state index in [4.69, 9.17) is 20.9 Å². The Labute approximate surface area is 94.3 Å². The largest absolute Gasteiger partial charge is 0.493 e. The van der Waals surface area contributed by atoms with Crippen LogP contribution in [0.15, 0.2) is 18.2 Å². The zero-order valence-corrected chi connectivity index (χ0v) is 9.40. The summed E-state index contributed by atoms with van der Waals surface area (Å²) in [6.07, 6.45) is -0.721. The molecule has 5 heteroatoms. The summed E-state index contributed by atoms with van der Waals surface area (Å²) in [5.74, 6) is 0.476.